The maximum atomic E-state index is 5.27. The highest BCUT2D eigenvalue weighted by molar-refractivity contribution is 5.97. The Morgan fingerprint density at radius 1 is 0.950 bits per heavy atom. The molecule has 0 amide bonds. The van der Waals surface area contributed by atoms with E-state index in [1.54, 1.807) is 7.11 Å². The van der Waals surface area contributed by atoms with Crippen molar-refractivity contribution in [1.82, 2.24) is 9.97 Å². The SMILES string of the molecule is COc1ccc2[nH]c(-c3c[nH]c4ccccc34)cc2c1. The first kappa shape index (κ1) is 11.2. The molecule has 2 aromatic carbocycles. The van der Waals surface area contributed by atoms with Crippen molar-refractivity contribution in [1.29, 1.82) is 0 Å². The summed E-state index contributed by atoms with van der Waals surface area (Å²) in [6.07, 6.45) is 2.05. The number of hydrogen-bond donors (Lipinski definition) is 2. The molecule has 0 fully saturated rings. The van der Waals surface area contributed by atoms with Gasteiger partial charge in [-0.25, -0.2) is 0 Å². The van der Waals surface area contributed by atoms with Crippen molar-refractivity contribution in [2.45, 2.75) is 0 Å². The first-order valence-corrected chi connectivity index (χ1v) is 6.58. The van der Waals surface area contributed by atoms with Crippen LogP contribution in [0.1, 0.15) is 0 Å². The van der Waals surface area contributed by atoms with Crippen molar-refractivity contribution >= 4 is 21.8 Å². The van der Waals surface area contributed by atoms with Gasteiger partial charge in [0.1, 0.15) is 5.75 Å². The topological polar surface area (TPSA) is 40.8 Å². The molecule has 2 N–H and O–H groups in total. The van der Waals surface area contributed by atoms with E-state index in [1.165, 1.54) is 10.9 Å². The Morgan fingerprint density at radius 3 is 2.75 bits per heavy atom. The van der Waals surface area contributed by atoms with Crippen LogP contribution < -0.4 is 4.74 Å². The number of methoxy groups -OCH3 is 1. The third-order valence-electron chi connectivity index (χ3n) is 3.71. The Balaban J connectivity index is 1.93. The van der Waals surface area contributed by atoms with Gasteiger partial charge < -0.3 is 14.7 Å². The van der Waals surface area contributed by atoms with Gasteiger partial charge in [-0.1, -0.05) is 18.2 Å². The largest absolute Gasteiger partial charge is 0.497 e. The van der Waals surface area contributed by atoms with Crippen LogP contribution in [-0.2, 0) is 0 Å². The van der Waals surface area contributed by atoms with Crippen molar-refractivity contribution in [2.75, 3.05) is 7.11 Å². The van der Waals surface area contributed by atoms with E-state index in [1.807, 2.05) is 30.5 Å². The molecule has 0 bridgehead atoms. The Kier molecular flexibility index (Phi) is 2.33. The van der Waals surface area contributed by atoms with Crippen molar-refractivity contribution in [3.05, 3.63) is 54.7 Å². The molecule has 0 spiro atoms. The van der Waals surface area contributed by atoms with Crippen molar-refractivity contribution in [2.24, 2.45) is 0 Å². The normalized spacial score (nSPS) is 11.2. The summed E-state index contributed by atoms with van der Waals surface area (Å²) in [4.78, 5) is 6.77. The summed E-state index contributed by atoms with van der Waals surface area (Å²) < 4.78 is 5.27. The molecule has 0 saturated carbocycles. The lowest BCUT2D eigenvalue weighted by molar-refractivity contribution is 0.415. The monoisotopic (exact) mass is 262 g/mol. The van der Waals surface area contributed by atoms with E-state index in [4.69, 9.17) is 4.74 Å². The molecule has 4 rings (SSSR count). The number of rotatable bonds is 2. The Labute approximate surface area is 116 Å². The summed E-state index contributed by atoms with van der Waals surface area (Å²) >= 11 is 0. The van der Waals surface area contributed by atoms with Gasteiger partial charge >= 0.3 is 0 Å². The number of para-hydroxylation sites is 1. The van der Waals surface area contributed by atoms with E-state index in [0.29, 0.717) is 0 Å². The van der Waals surface area contributed by atoms with E-state index < -0.39 is 0 Å². The molecule has 98 valence electrons. The molecule has 0 unspecified atom stereocenters. The zero-order valence-corrected chi connectivity index (χ0v) is 11.1. The predicted molar refractivity (Wildman–Crippen MR) is 82.1 cm³/mol. The zero-order chi connectivity index (χ0) is 13.5. The lowest BCUT2D eigenvalue weighted by Crippen LogP contribution is -1.80. The summed E-state index contributed by atoms with van der Waals surface area (Å²) in [5.41, 5.74) is 4.58. The van der Waals surface area contributed by atoms with Crippen LogP contribution in [0.25, 0.3) is 33.1 Å². The second kappa shape index (κ2) is 4.17. The predicted octanol–water partition coefficient (Wildman–Crippen LogP) is 4.32. The molecule has 0 aliphatic rings. The lowest BCUT2D eigenvalue weighted by Gasteiger charge is -1.97. The second-order valence-electron chi connectivity index (χ2n) is 4.88. The van der Waals surface area contributed by atoms with E-state index in [2.05, 4.69) is 34.2 Å². The highest BCUT2D eigenvalue weighted by atomic mass is 16.5. The van der Waals surface area contributed by atoms with Gasteiger partial charge in [-0.15, -0.1) is 0 Å². The number of aromatic nitrogens is 2. The molecule has 0 radical (unpaired) electrons. The molecule has 0 aliphatic heterocycles. The van der Waals surface area contributed by atoms with Gasteiger partial charge in [0, 0.05) is 39.3 Å². The molecule has 0 saturated heterocycles. The second-order valence-corrected chi connectivity index (χ2v) is 4.88. The minimum absolute atomic E-state index is 0.877. The summed E-state index contributed by atoms with van der Waals surface area (Å²) in [7, 11) is 1.69. The van der Waals surface area contributed by atoms with E-state index in [9.17, 15) is 0 Å². The summed E-state index contributed by atoms with van der Waals surface area (Å²) in [6.45, 7) is 0. The van der Waals surface area contributed by atoms with Gasteiger partial charge in [-0.2, -0.15) is 0 Å². The van der Waals surface area contributed by atoms with E-state index in [0.717, 1.165) is 27.9 Å². The highest BCUT2D eigenvalue weighted by Crippen LogP contribution is 2.31. The molecular formula is C17H14N2O. The quantitative estimate of drug-likeness (QED) is 0.555. The number of benzene rings is 2. The van der Waals surface area contributed by atoms with Gasteiger partial charge in [0.05, 0.1) is 7.11 Å². The van der Waals surface area contributed by atoms with Crippen LogP contribution in [-0.4, -0.2) is 17.1 Å². The molecule has 2 aromatic heterocycles. The Hall–Kier alpha value is -2.68. The summed E-state index contributed by atoms with van der Waals surface area (Å²) in [6, 6.07) is 16.5. The minimum atomic E-state index is 0.877. The van der Waals surface area contributed by atoms with Gasteiger partial charge in [0.25, 0.3) is 0 Å². The van der Waals surface area contributed by atoms with Crippen LogP contribution in [0, 0.1) is 0 Å². The maximum absolute atomic E-state index is 5.27. The number of H-pyrrole nitrogens is 2. The van der Waals surface area contributed by atoms with Gasteiger partial charge in [0.15, 0.2) is 0 Å². The van der Waals surface area contributed by atoms with Gasteiger partial charge in [-0.3, -0.25) is 0 Å². The average Bonchev–Trinajstić information content (AvgIpc) is 3.09. The number of ether oxygens (including phenoxy) is 1. The van der Waals surface area contributed by atoms with Crippen LogP contribution in [0.2, 0.25) is 0 Å². The van der Waals surface area contributed by atoms with Crippen LogP contribution in [0.3, 0.4) is 0 Å². The number of hydrogen-bond acceptors (Lipinski definition) is 1. The Bertz CT molecular complexity index is 902. The van der Waals surface area contributed by atoms with Crippen molar-refractivity contribution in [3.63, 3.8) is 0 Å². The molecule has 0 atom stereocenters. The molecule has 3 nitrogen and oxygen atoms in total. The van der Waals surface area contributed by atoms with Crippen molar-refractivity contribution < 1.29 is 4.74 Å². The third-order valence-corrected chi connectivity index (χ3v) is 3.71. The zero-order valence-electron chi connectivity index (χ0n) is 11.1. The molecule has 2 heterocycles. The number of aromatic amines is 2. The average molecular weight is 262 g/mol. The van der Waals surface area contributed by atoms with Crippen LogP contribution in [0.5, 0.6) is 5.75 Å². The maximum Gasteiger partial charge on any atom is 0.119 e. The van der Waals surface area contributed by atoms with Crippen LogP contribution in [0.4, 0.5) is 0 Å². The first-order chi connectivity index (χ1) is 9.85. The van der Waals surface area contributed by atoms with E-state index in [-0.39, 0.29) is 0 Å². The van der Waals surface area contributed by atoms with Crippen molar-refractivity contribution in [3.8, 4) is 17.0 Å². The Morgan fingerprint density at radius 2 is 1.85 bits per heavy atom. The lowest BCUT2D eigenvalue weighted by atomic mass is 10.1. The minimum Gasteiger partial charge on any atom is -0.497 e. The van der Waals surface area contributed by atoms with Gasteiger partial charge in [-0.05, 0) is 30.3 Å². The van der Waals surface area contributed by atoms with Gasteiger partial charge in [0.2, 0.25) is 0 Å². The molecule has 0 aliphatic carbocycles. The molecule has 20 heavy (non-hydrogen) atoms. The molecular weight excluding hydrogens is 248 g/mol. The third kappa shape index (κ3) is 1.60. The number of fused-ring (bicyclic) bond motifs is 2. The fourth-order valence-corrected chi connectivity index (χ4v) is 2.68. The smallest absolute Gasteiger partial charge is 0.119 e. The van der Waals surface area contributed by atoms with E-state index >= 15 is 0 Å². The highest BCUT2D eigenvalue weighted by Gasteiger charge is 2.09. The summed E-state index contributed by atoms with van der Waals surface area (Å²) in [5.74, 6) is 0.877. The fraction of sp³-hybridized carbons (Fsp3) is 0.0588. The van der Waals surface area contributed by atoms with Crippen LogP contribution >= 0.6 is 0 Å². The van der Waals surface area contributed by atoms with Crippen LogP contribution in [0.15, 0.2) is 54.7 Å². The number of nitrogens with one attached hydrogen (secondary N) is 2. The standard InChI is InChI=1S/C17H14N2O/c1-20-12-6-7-15-11(8-12)9-17(19-15)14-10-18-16-5-3-2-4-13(14)16/h2-10,18-19H,1H3. The first-order valence-electron chi connectivity index (χ1n) is 6.58. The molecule has 4 aromatic rings. The molecule has 3 heteroatoms. The fourth-order valence-electron chi connectivity index (χ4n) is 2.68. The summed E-state index contributed by atoms with van der Waals surface area (Å²) in [5, 5.41) is 2.38.